The molecule has 1 amide bonds. The van der Waals surface area contributed by atoms with Crippen LogP contribution in [0.15, 0.2) is 46.6 Å². The highest BCUT2D eigenvalue weighted by Crippen LogP contribution is 2.11. The molecule has 0 saturated heterocycles. The lowest BCUT2D eigenvalue weighted by atomic mass is 10.0. The number of rotatable bonds is 6. The summed E-state index contributed by atoms with van der Waals surface area (Å²) in [5.74, 6) is -1.18. The van der Waals surface area contributed by atoms with Gasteiger partial charge in [-0.25, -0.2) is 4.79 Å². The zero-order valence-corrected chi connectivity index (χ0v) is 15.6. The Morgan fingerprint density at radius 3 is 2.70 bits per heavy atom. The Hall–Kier alpha value is -3.07. The van der Waals surface area contributed by atoms with Crippen LogP contribution in [0.3, 0.4) is 0 Å². The minimum atomic E-state index is -0.844. The van der Waals surface area contributed by atoms with E-state index in [1.807, 2.05) is 0 Å². The Kier molecular flexibility index (Phi) is 5.60. The van der Waals surface area contributed by atoms with E-state index in [1.165, 1.54) is 11.3 Å². The predicted octanol–water partition coefficient (Wildman–Crippen LogP) is 1.81. The van der Waals surface area contributed by atoms with Gasteiger partial charge in [-0.2, -0.15) is 4.68 Å². The van der Waals surface area contributed by atoms with E-state index in [0.29, 0.717) is 15.8 Å². The number of ether oxygens (including phenoxy) is 1. The summed E-state index contributed by atoms with van der Waals surface area (Å²) >= 11 is 1.28. The summed E-state index contributed by atoms with van der Waals surface area (Å²) < 4.78 is 6.18. The first-order chi connectivity index (χ1) is 13.0. The number of carbonyl (C=O) groups is 2. The van der Waals surface area contributed by atoms with Gasteiger partial charge < -0.3 is 10.1 Å². The van der Waals surface area contributed by atoms with Gasteiger partial charge in [-0.15, -0.1) is 16.4 Å². The quantitative estimate of drug-likeness (QED) is 0.648. The van der Waals surface area contributed by atoms with Gasteiger partial charge in [-0.05, 0) is 29.5 Å². The first-order valence-corrected chi connectivity index (χ1v) is 9.19. The highest BCUT2D eigenvalue weighted by Gasteiger charge is 2.26. The Labute approximate surface area is 158 Å². The standard InChI is InChI=1S/C18H18N4O4S/c1-11(2)15(19-16(23)14-8-5-9-27-14)18(25)26-10-22-17(24)12-6-3-4-7-13(12)20-21-22/h3-9,11,15H,10H2,1-2H3,(H,19,23)/t15-/m1/s1. The Morgan fingerprint density at radius 1 is 1.22 bits per heavy atom. The van der Waals surface area contributed by atoms with Gasteiger partial charge >= 0.3 is 5.97 Å². The van der Waals surface area contributed by atoms with Crippen LogP contribution in [0.5, 0.6) is 0 Å². The number of thiophene rings is 1. The number of hydrogen-bond acceptors (Lipinski definition) is 7. The second-order valence-electron chi connectivity index (χ2n) is 6.18. The molecule has 0 fully saturated rings. The van der Waals surface area contributed by atoms with E-state index in [4.69, 9.17) is 4.74 Å². The summed E-state index contributed by atoms with van der Waals surface area (Å²) in [7, 11) is 0. The average molecular weight is 386 g/mol. The van der Waals surface area contributed by atoms with Gasteiger partial charge in [-0.1, -0.05) is 37.3 Å². The van der Waals surface area contributed by atoms with Crippen LogP contribution >= 0.6 is 11.3 Å². The van der Waals surface area contributed by atoms with Gasteiger partial charge in [0.25, 0.3) is 11.5 Å². The molecule has 0 aliphatic carbocycles. The second kappa shape index (κ2) is 8.09. The lowest BCUT2D eigenvalue weighted by molar-refractivity contribution is -0.151. The number of fused-ring (bicyclic) bond motifs is 1. The van der Waals surface area contributed by atoms with Gasteiger partial charge in [-0.3, -0.25) is 9.59 Å². The van der Waals surface area contributed by atoms with Crippen molar-refractivity contribution in [3.8, 4) is 0 Å². The molecule has 3 rings (SSSR count). The van der Waals surface area contributed by atoms with Crippen LogP contribution in [-0.2, 0) is 16.3 Å². The Balaban J connectivity index is 1.70. The minimum Gasteiger partial charge on any atom is -0.441 e. The topological polar surface area (TPSA) is 103 Å². The molecule has 0 saturated carbocycles. The van der Waals surface area contributed by atoms with Gasteiger partial charge in [0.1, 0.15) is 11.6 Å². The van der Waals surface area contributed by atoms with Crippen molar-refractivity contribution in [2.24, 2.45) is 5.92 Å². The largest absolute Gasteiger partial charge is 0.441 e. The molecule has 0 unspecified atom stereocenters. The van der Waals surface area contributed by atoms with Crippen molar-refractivity contribution in [2.45, 2.75) is 26.6 Å². The molecule has 9 heteroatoms. The van der Waals surface area contributed by atoms with E-state index < -0.39 is 17.6 Å². The lowest BCUT2D eigenvalue weighted by Crippen LogP contribution is -2.45. The van der Waals surface area contributed by atoms with Crippen molar-refractivity contribution < 1.29 is 14.3 Å². The van der Waals surface area contributed by atoms with Crippen LogP contribution in [-0.4, -0.2) is 32.9 Å². The third-order valence-electron chi connectivity index (χ3n) is 3.91. The predicted molar refractivity (Wildman–Crippen MR) is 100 cm³/mol. The number of nitrogens with one attached hydrogen (secondary N) is 1. The van der Waals surface area contributed by atoms with Crippen LogP contribution in [0.1, 0.15) is 23.5 Å². The molecule has 0 bridgehead atoms. The van der Waals surface area contributed by atoms with Crippen LogP contribution in [0.4, 0.5) is 0 Å². The number of nitrogens with zero attached hydrogens (tertiary/aromatic N) is 3. The molecule has 1 N–H and O–H groups in total. The van der Waals surface area contributed by atoms with Crippen LogP contribution in [0.25, 0.3) is 10.9 Å². The van der Waals surface area contributed by atoms with Crippen molar-refractivity contribution in [2.75, 3.05) is 0 Å². The van der Waals surface area contributed by atoms with E-state index >= 15 is 0 Å². The summed E-state index contributed by atoms with van der Waals surface area (Å²) in [6.45, 7) is 3.21. The van der Waals surface area contributed by atoms with E-state index in [2.05, 4.69) is 15.6 Å². The fourth-order valence-electron chi connectivity index (χ4n) is 2.44. The summed E-state index contributed by atoms with van der Waals surface area (Å²) in [6.07, 6.45) is 0. The van der Waals surface area contributed by atoms with Crippen molar-refractivity contribution in [3.05, 3.63) is 57.0 Å². The number of esters is 1. The van der Waals surface area contributed by atoms with Crippen molar-refractivity contribution in [3.63, 3.8) is 0 Å². The van der Waals surface area contributed by atoms with E-state index in [9.17, 15) is 14.4 Å². The normalized spacial score (nSPS) is 12.1. The first-order valence-electron chi connectivity index (χ1n) is 8.31. The third-order valence-corrected chi connectivity index (χ3v) is 4.78. The molecule has 3 aromatic rings. The third kappa shape index (κ3) is 4.20. The molecule has 2 heterocycles. The monoisotopic (exact) mass is 386 g/mol. The summed E-state index contributed by atoms with van der Waals surface area (Å²) in [5.41, 5.74) is 0.0606. The fraction of sp³-hybridized carbons (Fsp3) is 0.278. The Bertz CT molecular complexity index is 1010. The first kappa shape index (κ1) is 18.7. The van der Waals surface area contributed by atoms with Gasteiger partial charge in [0.2, 0.25) is 0 Å². The van der Waals surface area contributed by atoms with E-state index in [1.54, 1.807) is 55.6 Å². The molecule has 27 heavy (non-hydrogen) atoms. The molecule has 0 radical (unpaired) electrons. The Morgan fingerprint density at radius 2 is 2.00 bits per heavy atom. The van der Waals surface area contributed by atoms with Crippen molar-refractivity contribution in [1.82, 2.24) is 20.3 Å². The molecule has 8 nitrogen and oxygen atoms in total. The second-order valence-corrected chi connectivity index (χ2v) is 7.12. The highest BCUT2D eigenvalue weighted by molar-refractivity contribution is 7.12. The molecular weight excluding hydrogens is 368 g/mol. The van der Waals surface area contributed by atoms with Crippen molar-refractivity contribution >= 4 is 34.1 Å². The molecule has 0 aliphatic heterocycles. The summed E-state index contributed by atoms with van der Waals surface area (Å²) in [5, 5.41) is 12.5. The van der Waals surface area contributed by atoms with Crippen molar-refractivity contribution in [1.29, 1.82) is 0 Å². The molecular formula is C18H18N4O4S. The van der Waals surface area contributed by atoms with Crippen LogP contribution in [0, 0.1) is 5.92 Å². The molecule has 140 valence electrons. The molecule has 1 atom stereocenters. The number of carbonyl (C=O) groups excluding carboxylic acids is 2. The van der Waals surface area contributed by atoms with Crippen LogP contribution < -0.4 is 10.9 Å². The smallest absolute Gasteiger partial charge is 0.330 e. The number of hydrogen-bond donors (Lipinski definition) is 1. The molecule has 1 aromatic carbocycles. The molecule has 0 spiro atoms. The summed E-state index contributed by atoms with van der Waals surface area (Å²) in [6, 6.07) is 9.36. The minimum absolute atomic E-state index is 0.194. The molecule has 0 aliphatic rings. The maximum atomic E-state index is 12.4. The number of benzene rings is 1. The zero-order valence-electron chi connectivity index (χ0n) is 14.8. The van der Waals surface area contributed by atoms with Gasteiger partial charge in [0, 0.05) is 0 Å². The maximum Gasteiger partial charge on any atom is 0.330 e. The fourth-order valence-corrected chi connectivity index (χ4v) is 3.07. The van der Waals surface area contributed by atoms with Gasteiger partial charge in [0.05, 0.1) is 10.3 Å². The van der Waals surface area contributed by atoms with Crippen LogP contribution in [0.2, 0.25) is 0 Å². The number of aromatic nitrogens is 3. The number of amides is 1. The maximum absolute atomic E-state index is 12.4. The lowest BCUT2D eigenvalue weighted by Gasteiger charge is -2.20. The molecule has 2 aromatic heterocycles. The summed E-state index contributed by atoms with van der Waals surface area (Å²) in [4.78, 5) is 37.5. The average Bonchev–Trinajstić information content (AvgIpc) is 3.20. The van der Waals surface area contributed by atoms with Gasteiger partial charge in [0.15, 0.2) is 6.73 Å². The zero-order chi connectivity index (χ0) is 19.4. The SMILES string of the molecule is CC(C)[C@@H](NC(=O)c1cccs1)C(=O)OCn1nnc2ccccc2c1=O. The van der Waals surface area contributed by atoms with E-state index in [-0.39, 0.29) is 18.6 Å². The highest BCUT2D eigenvalue weighted by atomic mass is 32.1. The van der Waals surface area contributed by atoms with E-state index in [0.717, 1.165) is 4.68 Å².